The summed E-state index contributed by atoms with van der Waals surface area (Å²) < 4.78 is 43.4. The fourth-order valence-electron chi connectivity index (χ4n) is 2.43. The van der Waals surface area contributed by atoms with Gasteiger partial charge in [-0.2, -0.15) is 13.2 Å². The Kier molecular flexibility index (Phi) is 4.47. The Morgan fingerprint density at radius 3 is 2.53 bits per heavy atom. The molecule has 1 saturated heterocycles. The molecule has 1 aromatic carbocycles. The van der Waals surface area contributed by atoms with E-state index in [1.165, 1.54) is 12.1 Å². The van der Waals surface area contributed by atoms with Crippen LogP contribution in [0.4, 0.5) is 13.2 Å². The molecule has 1 unspecified atom stereocenters. The fourth-order valence-corrected chi connectivity index (χ4v) is 2.43. The van der Waals surface area contributed by atoms with E-state index in [2.05, 4.69) is 4.90 Å². The molecule has 1 fully saturated rings. The Morgan fingerprint density at radius 1 is 1.26 bits per heavy atom. The van der Waals surface area contributed by atoms with Crippen LogP contribution in [0.25, 0.3) is 0 Å². The number of hydrogen-bond acceptors (Lipinski definition) is 2. The first-order valence-electron chi connectivity index (χ1n) is 6.43. The second-order valence-corrected chi connectivity index (χ2v) is 4.86. The van der Waals surface area contributed by atoms with Gasteiger partial charge in [0.2, 0.25) is 0 Å². The van der Waals surface area contributed by atoms with Crippen LogP contribution in [0.2, 0.25) is 0 Å². The summed E-state index contributed by atoms with van der Waals surface area (Å²) in [5.41, 5.74) is -0.0299. The molecule has 1 aliphatic heterocycles. The van der Waals surface area contributed by atoms with E-state index in [-0.39, 0.29) is 6.10 Å². The van der Waals surface area contributed by atoms with Crippen molar-refractivity contribution in [1.82, 2.24) is 4.90 Å². The van der Waals surface area contributed by atoms with Crippen molar-refractivity contribution in [2.75, 3.05) is 26.7 Å². The highest BCUT2D eigenvalue weighted by molar-refractivity contribution is 5.27. The van der Waals surface area contributed by atoms with Crippen molar-refractivity contribution in [3.63, 3.8) is 0 Å². The number of methoxy groups -OCH3 is 1. The zero-order valence-corrected chi connectivity index (χ0v) is 10.9. The molecule has 106 valence electrons. The normalized spacial score (nSPS) is 18.7. The van der Waals surface area contributed by atoms with Crippen LogP contribution in [0.15, 0.2) is 24.3 Å². The summed E-state index contributed by atoms with van der Waals surface area (Å²) in [5.74, 6) is 0. The molecule has 5 heteroatoms. The predicted octanol–water partition coefficient (Wildman–Crippen LogP) is 3.49. The third kappa shape index (κ3) is 3.70. The highest BCUT2D eigenvalue weighted by Gasteiger charge is 2.31. The molecule has 2 rings (SSSR count). The summed E-state index contributed by atoms with van der Waals surface area (Å²) in [6.07, 6.45) is -2.31. The van der Waals surface area contributed by atoms with E-state index in [0.29, 0.717) is 12.1 Å². The molecular formula is C14H18F3NO. The molecule has 0 radical (unpaired) electrons. The average molecular weight is 273 g/mol. The smallest absolute Gasteiger partial charge is 0.375 e. The maximum atomic E-state index is 12.7. The van der Waals surface area contributed by atoms with Gasteiger partial charge < -0.3 is 9.64 Å². The number of rotatable bonds is 4. The van der Waals surface area contributed by atoms with E-state index in [4.69, 9.17) is 4.74 Å². The lowest BCUT2D eigenvalue weighted by Crippen LogP contribution is -2.26. The van der Waals surface area contributed by atoms with E-state index in [0.717, 1.165) is 32.0 Å². The molecular weight excluding hydrogens is 255 g/mol. The van der Waals surface area contributed by atoms with Crippen LogP contribution in [0.1, 0.15) is 30.1 Å². The van der Waals surface area contributed by atoms with Gasteiger partial charge in [-0.15, -0.1) is 0 Å². The lowest BCUT2D eigenvalue weighted by atomic mass is 10.1. The van der Waals surface area contributed by atoms with Crippen LogP contribution < -0.4 is 0 Å². The van der Waals surface area contributed by atoms with Crippen LogP contribution in [-0.2, 0) is 10.9 Å². The molecule has 1 aliphatic rings. The van der Waals surface area contributed by atoms with Gasteiger partial charge in [0.15, 0.2) is 0 Å². The monoisotopic (exact) mass is 273 g/mol. The molecule has 0 aromatic heterocycles. The van der Waals surface area contributed by atoms with Crippen molar-refractivity contribution < 1.29 is 17.9 Å². The third-order valence-electron chi connectivity index (χ3n) is 3.49. The van der Waals surface area contributed by atoms with Crippen LogP contribution in [0.3, 0.4) is 0 Å². The Balaban J connectivity index is 2.13. The molecule has 19 heavy (non-hydrogen) atoms. The number of nitrogens with zero attached hydrogens (tertiary/aromatic N) is 1. The number of hydrogen-bond donors (Lipinski definition) is 0. The van der Waals surface area contributed by atoms with E-state index >= 15 is 0 Å². The average Bonchev–Trinajstić information content (AvgIpc) is 2.88. The van der Waals surface area contributed by atoms with Gasteiger partial charge in [-0.3, -0.25) is 0 Å². The van der Waals surface area contributed by atoms with Crippen molar-refractivity contribution in [3.05, 3.63) is 35.4 Å². The van der Waals surface area contributed by atoms with Crippen LogP contribution in [-0.4, -0.2) is 31.6 Å². The van der Waals surface area contributed by atoms with Gasteiger partial charge in [0.05, 0.1) is 11.7 Å². The van der Waals surface area contributed by atoms with E-state index in [1.54, 1.807) is 13.2 Å². The summed E-state index contributed by atoms with van der Waals surface area (Å²) in [7, 11) is 1.54. The number of halogens is 3. The topological polar surface area (TPSA) is 12.5 Å². The number of alkyl halides is 3. The second kappa shape index (κ2) is 5.92. The Bertz CT molecular complexity index is 413. The summed E-state index contributed by atoms with van der Waals surface area (Å²) in [4.78, 5) is 2.23. The van der Waals surface area contributed by atoms with Gasteiger partial charge in [-0.1, -0.05) is 12.1 Å². The quantitative estimate of drug-likeness (QED) is 0.832. The van der Waals surface area contributed by atoms with Crippen LogP contribution in [0.5, 0.6) is 0 Å². The Labute approximate surface area is 111 Å². The maximum absolute atomic E-state index is 12.7. The van der Waals surface area contributed by atoms with Gasteiger partial charge in [0, 0.05) is 13.7 Å². The summed E-state index contributed by atoms with van der Waals surface area (Å²) in [6, 6.07) is 5.41. The number of likely N-dealkylation sites (tertiary alicyclic amines) is 1. The first-order chi connectivity index (χ1) is 9.00. The molecule has 0 amide bonds. The minimum Gasteiger partial charge on any atom is -0.375 e. The lowest BCUT2D eigenvalue weighted by Gasteiger charge is -2.23. The lowest BCUT2D eigenvalue weighted by molar-refractivity contribution is -0.137. The Hall–Kier alpha value is -1.07. The molecule has 0 spiro atoms. The van der Waals surface area contributed by atoms with E-state index in [1.807, 2.05) is 0 Å². The second-order valence-electron chi connectivity index (χ2n) is 4.86. The molecule has 0 N–H and O–H groups in total. The van der Waals surface area contributed by atoms with Crippen molar-refractivity contribution in [2.24, 2.45) is 0 Å². The Morgan fingerprint density at radius 2 is 1.95 bits per heavy atom. The third-order valence-corrected chi connectivity index (χ3v) is 3.49. The minimum atomic E-state index is -4.30. The summed E-state index contributed by atoms with van der Waals surface area (Å²) >= 11 is 0. The number of ether oxygens (including phenoxy) is 1. The largest absolute Gasteiger partial charge is 0.416 e. The van der Waals surface area contributed by atoms with Gasteiger partial charge in [0.25, 0.3) is 0 Å². The van der Waals surface area contributed by atoms with Crippen molar-refractivity contribution in [3.8, 4) is 0 Å². The molecule has 1 aromatic rings. The van der Waals surface area contributed by atoms with Crippen LogP contribution >= 0.6 is 0 Å². The number of benzene rings is 1. The molecule has 1 atom stereocenters. The standard InChI is InChI=1S/C14H18F3NO/c1-19-13(10-18-7-2-3-8-18)11-5-4-6-12(9-11)14(15,16)17/h4-6,9,13H,2-3,7-8,10H2,1H3. The first-order valence-corrected chi connectivity index (χ1v) is 6.43. The molecule has 0 saturated carbocycles. The summed E-state index contributed by atoms with van der Waals surface area (Å²) in [6.45, 7) is 2.65. The SMILES string of the molecule is COC(CN1CCCC1)c1cccc(C(F)(F)F)c1. The summed E-state index contributed by atoms with van der Waals surface area (Å²) in [5, 5.41) is 0. The zero-order valence-electron chi connectivity index (χ0n) is 10.9. The van der Waals surface area contributed by atoms with Crippen molar-refractivity contribution in [1.29, 1.82) is 0 Å². The van der Waals surface area contributed by atoms with Crippen molar-refractivity contribution in [2.45, 2.75) is 25.1 Å². The van der Waals surface area contributed by atoms with Gasteiger partial charge in [-0.05, 0) is 43.6 Å². The molecule has 0 aliphatic carbocycles. The maximum Gasteiger partial charge on any atom is 0.416 e. The molecule has 2 nitrogen and oxygen atoms in total. The minimum absolute atomic E-state index is 0.305. The zero-order chi connectivity index (χ0) is 13.9. The fraction of sp³-hybridized carbons (Fsp3) is 0.571. The molecule has 1 heterocycles. The van der Waals surface area contributed by atoms with E-state index in [9.17, 15) is 13.2 Å². The highest BCUT2D eigenvalue weighted by Crippen LogP contribution is 2.31. The highest BCUT2D eigenvalue weighted by atomic mass is 19.4. The van der Waals surface area contributed by atoms with Gasteiger partial charge in [0.1, 0.15) is 0 Å². The first kappa shape index (κ1) is 14.3. The van der Waals surface area contributed by atoms with E-state index < -0.39 is 11.7 Å². The van der Waals surface area contributed by atoms with Crippen molar-refractivity contribution >= 4 is 0 Å². The van der Waals surface area contributed by atoms with Crippen LogP contribution in [0, 0.1) is 0 Å². The van der Waals surface area contributed by atoms with Gasteiger partial charge >= 0.3 is 6.18 Å². The predicted molar refractivity (Wildman–Crippen MR) is 66.9 cm³/mol. The molecule has 0 bridgehead atoms. The van der Waals surface area contributed by atoms with Gasteiger partial charge in [-0.25, -0.2) is 0 Å².